The van der Waals surface area contributed by atoms with Crippen LogP contribution in [-0.2, 0) is 11.2 Å². The highest BCUT2D eigenvalue weighted by atomic mass is 16.1. The first-order valence-corrected chi connectivity index (χ1v) is 8.79. The highest BCUT2D eigenvalue weighted by Gasteiger charge is 2.03. The van der Waals surface area contributed by atoms with Crippen molar-refractivity contribution in [1.29, 1.82) is 0 Å². The van der Waals surface area contributed by atoms with Crippen LogP contribution in [0, 0.1) is 6.92 Å². The number of unbranched alkanes of at least 4 members (excludes halogenated alkanes) is 8. The zero-order chi connectivity index (χ0) is 15.3. The molecule has 0 aromatic heterocycles. The van der Waals surface area contributed by atoms with Gasteiger partial charge in [0.1, 0.15) is 5.78 Å². The van der Waals surface area contributed by atoms with Gasteiger partial charge in [-0.05, 0) is 18.9 Å². The Hall–Kier alpha value is -1.11. The van der Waals surface area contributed by atoms with Gasteiger partial charge in [0, 0.05) is 12.8 Å². The van der Waals surface area contributed by atoms with E-state index in [-0.39, 0.29) is 0 Å². The summed E-state index contributed by atoms with van der Waals surface area (Å²) in [6, 6.07) is 8.31. The molecule has 0 aliphatic carbocycles. The van der Waals surface area contributed by atoms with Crippen LogP contribution in [0.25, 0.3) is 0 Å². The second kappa shape index (κ2) is 11.5. The highest BCUT2D eigenvalue weighted by molar-refractivity contribution is 5.80. The van der Waals surface area contributed by atoms with Crippen LogP contribution in [-0.4, -0.2) is 5.78 Å². The molecule has 0 unspecified atom stereocenters. The van der Waals surface area contributed by atoms with Gasteiger partial charge in [-0.2, -0.15) is 0 Å². The fourth-order valence-electron chi connectivity index (χ4n) is 2.65. The van der Waals surface area contributed by atoms with Crippen molar-refractivity contribution in [3.05, 3.63) is 35.4 Å². The Morgan fingerprint density at radius 2 is 1.33 bits per heavy atom. The van der Waals surface area contributed by atoms with E-state index >= 15 is 0 Å². The van der Waals surface area contributed by atoms with Gasteiger partial charge in [0.2, 0.25) is 0 Å². The summed E-state index contributed by atoms with van der Waals surface area (Å²) < 4.78 is 0. The lowest BCUT2D eigenvalue weighted by Crippen LogP contribution is -2.02. The Kier molecular flexibility index (Phi) is 9.86. The molecule has 1 heteroatoms. The third-order valence-electron chi connectivity index (χ3n) is 4.08. The molecule has 1 aromatic carbocycles. The van der Waals surface area contributed by atoms with Crippen molar-refractivity contribution in [2.24, 2.45) is 0 Å². The average Bonchev–Trinajstić information content (AvgIpc) is 2.48. The first kappa shape index (κ1) is 17.9. The van der Waals surface area contributed by atoms with Crippen molar-refractivity contribution in [2.75, 3.05) is 0 Å². The zero-order valence-electron chi connectivity index (χ0n) is 14.0. The quantitative estimate of drug-likeness (QED) is 0.429. The van der Waals surface area contributed by atoms with Crippen LogP contribution >= 0.6 is 0 Å². The molecule has 1 aromatic rings. The summed E-state index contributed by atoms with van der Waals surface area (Å²) in [5.41, 5.74) is 2.41. The van der Waals surface area contributed by atoms with E-state index in [4.69, 9.17) is 0 Å². The van der Waals surface area contributed by atoms with Gasteiger partial charge in [-0.3, -0.25) is 4.79 Å². The monoisotopic (exact) mass is 288 g/mol. The Balaban J connectivity index is 1.97. The number of carbonyl (C=O) groups excluding carboxylic acids is 1. The van der Waals surface area contributed by atoms with E-state index in [2.05, 4.69) is 38.1 Å². The fourth-order valence-corrected chi connectivity index (χ4v) is 2.65. The van der Waals surface area contributed by atoms with Crippen molar-refractivity contribution < 1.29 is 4.79 Å². The molecule has 0 N–H and O–H groups in total. The van der Waals surface area contributed by atoms with E-state index in [1.54, 1.807) is 0 Å². The molecule has 0 bridgehead atoms. The summed E-state index contributed by atoms with van der Waals surface area (Å²) in [5, 5.41) is 0. The Bertz CT molecular complexity index is 377. The molecule has 0 heterocycles. The molecule has 1 nitrogen and oxygen atoms in total. The first-order chi connectivity index (χ1) is 10.2. The maximum atomic E-state index is 11.9. The smallest absolute Gasteiger partial charge is 0.137 e. The molecule has 1 rings (SSSR count). The van der Waals surface area contributed by atoms with Crippen LogP contribution in [0.1, 0.15) is 82.3 Å². The van der Waals surface area contributed by atoms with E-state index in [9.17, 15) is 4.79 Å². The molecule has 0 spiro atoms. The third kappa shape index (κ3) is 9.44. The Labute approximate surface area is 131 Å². The van der Waals surface area contributed by atoms with Crippen LogP contribution in [0.2, 0.25) is 0 Å². The maximum absolute atomic E-state index is 11.9. The first-order valence-electron chi connectivity index (χ1n) is 8.79. The number of hydrogen-bond acceptors (Lipinski definition) is 1. The van der Waals surface area contributed by atoms with Crippen LogP contribution in [0.4, 0.5) is 0 Å². The summed E-state index contributed by atoms with van der Waals surface area (Å²) in [7, 11) is 0. The number of benzene rings is 1. The van der Waals surface area contributed by atoms with Crippen molar-refractivity contribution >= 4 is 5.78 Å². The maximum Gasteiger partial charge on any atom is 0.137 e. The standard InChI is InChI=1S/C20H32O/c1-3-4-5-6-7-8-9-10-11-12-20(21)17-19-15-13-18(2)14-16-19/h13-16H,3-12,17H2,1-2H3. The number of ketones is 1. The normalized spacial score (nSPS) is 10.8. The van der Waals surface area contributed by atoms with E-state index in [0.717, 1.165) is 18.4 Å². The second-order valence-electron chi connectivity index (χ2n) is 6.28. The highest BCUT2D eigenvalue weighted by Crippen LogP contribution is 2.12. The SMILES string of the molecule is CCCCCCCCCCCC(=O)Cc1ccc(C)cc1. The van der Waals surface area contributed by atoms with E-state index < -0.39 is 0 Å². The van der Waals surface area contributed by atoms with E-state index in [0.29, 0.717) is 12.2 Å². The Morgan fingerprint density at radius 3 is 1.90 bits per heavy atom. The molecule has 0 fully saturated rings. The molecule has 0 saturated heterocycles. The fraction of sp³-hybridized carbons (Fsp3) is 0.650. The van der Waals surface area contributed by atoms with E-state index in [1.807, 2.05) is 0 Å². The second-order valence-corrected chi connectivity index (χ2v) is 6.28. The zero-order valence-corrected chi connectivity index (χ0v) is 14.0. The van der Waals surface area contributed by atoms with Crippen LogP contribution in [0.5, 0.6) is 0 Å². The van der Waals surface area contributed by atoms with Gasteiger partial charge >= 0.3 is 0 Å². The number of rotatable bonds is 12. The predicted octanol–water partition coefficient (Wildman–Crippen LogP) is 6.03. The van der Waals surface area contributed by atoms with Crippen molar-refractivity contribution in [3.8, 4) is 0 Å². The van der Waals surface area contributed by atoms with Gasteiger partial charge in [0.15, 0.2) is 0 Å². The van der Waals surface area contributed by atoms with Crippen molar-refractivity contribution in [1.82, 2.24) is 0 Å². The third-order valence-corrected chi connectivity index (χ3v) is 4.08. The van der Waals surface area contributed by atoms with Crippen molar-refractivity contribution in [3.63, 3.8) is 0 Å². The lowest BCUT2D eigenvalue weighted by molar-refractivity contribution is -0.118. The predicted molar refractivity (Wildman–Crippen MR) is 91.7 cm³/mol. The van der Waals surface area contributed by atoms with Gasteiger partial charge in [-0.15, -0.1) is 0 Å². The summed E-state index contributed by atoms with van der Waals surface area (Å²) in [5.74, 6) is 0.391. The molecule has 0 amide bonds. The molecule has 0 aliphatic rings. The van der Waals surface area contributed by atoms with Crippen LogP contribution < -0.4 is 0 Å². The van der Waals surface area contributed by atoms with Crippen LogP contribution in [0.15, 0.2) is 24.3 Å². The minimum Gasteiger partial charge on any atom is -0.299 e. The number of hydrogen-bond donors (Lipinski definition) is 0. The van der Waals surface area contributed by atoms with Gasteiger partial charge < -0.3 is 0 Å². The largest absolute Gasteiger partial charge is 0.299 e. The molecule has 0 saturated carbocycles. The molecule has 21 heavy (non-hydrogen) atoms. The summed E-state index contributed by atoms with van der Waals surface area (Å²) in [6.45, 7) is 4.33. The van der Waals surface area contributed by atoms with Gasteiger partial charge in [0.05, 0.1) is 0 Å². The summed E-state index contributed by atoms with van der Waals surface area (Å²) in [4.78, 5) is 11.9. The van der Waals surface area contributed by atoms with Crippen molar-refractivity contribution in [2.45, 2.75) is 84.5 Å². The molecule has 0 aliphatic heterocycles. The molecule has 118 valence electrons. The molecular weight excluding hydrogens is 256 g/mol. The lowest BCUT2D eigenvalue weighted by atomic mass is 10.0. The van der Waals surface area contributed by atoms with Gasteiger partial charge in [-0.25, -0.2) is 0 Å². The number of aryl methyl sites for hydroxylation is 1. The average molecular weight is 288 g/mol. The number of Topliss-reactive ketones (excluding diaryl/α,β-unsaturated/α-hetero) is 1. The van der Waals surface area contributed by atoms with Crippen LogP contribution in [0.3, 0.4) is 0 Å². The summed E-state index contributed by atoms with van der Waals surface area (Å²) >= 11 is 0. The molecular formula is C20H32O. The molecule has 0 radical (unpaired) electrons. The Morgan fingerprint density at radius 1 is 0.810 bits per heavy atom. The summed E-state index contributed by atoms with van der Waals surface area (Å²) in [6.07, 6.45) is 13.1. The lowest BCUT2D eigenvalue weighted by Gasteiger charge is -2.03. The van der Waals surface area contributed by atoms with E-state index in [1.165, 1.54) is 56.9 Å². The topological polar surface area (TPSA) is 17.1 Å². The number of carbonyl (C=O) groups is 1. The minimum atomic E-state index is 0.391. The van der Waals surface area contributed by atoms with Gasteiger partial charge in [0.25, 0.3) is 0 Å². The van der Waals surface area contributed by atoms with Gasteiger partial charge in [-0.1, -0.05) is 88.1 Å². The molecule has 0 atom stereocenters. The minimum absolute atomic E-state index is 0.391.